The van der Waals surface area contributed by atoms with Crippen LogP contribution < -0.4 is 5.73 Å². The molecular weight excluding hydrogens is 206 g/mol. The summed E-state index contributed by atoms with van der Waals surface area (Å²) in [7, 11) is 1.69. The van der Waals surface area contributed by atoms with E-state index < -0.39 is 0 Å². The number of imidazole rings is 1. The number of methoxy groups -OCH3 is 1. The molecule has 0 aliphatic heterocycles. The third-order valence-electron chi connectivity index (χ3n) is 2.65. The number of aliphatic hydroxyl groups is 1. The molecule has 0 amide bonds. The third kappa shape index (κ3) is 3.04. The van der Waals surface area contributed by atoms with Gasteiger partial charge in [0.25, 0.3) is 0 Å². The van der Waals surface area contributed by atoms with Gasteiger partial charge in [0.2, 0.25) is 0 Å². The molecule has 0 saturated heterocycles. The van der Waals surface area contributed by atoms with Crippen LogP contribution in [0.4, 0.5) is 0 Å². The Hall–Kier alpha value is -0.910. The fourth-order valence-corrected chi connectivity index (χ4v) is 1.83. The van der Waals surface area contributed by atoms with E-state index in [1.807, 2.05) is 4.57 Å². The summed E-state index contributed by atoms with van der Waals surface area (Å²) < 4.78 is 7.20. The molecular formula is C11H21N3O2. The van der Waals surface area contributed by atoms with Crippen molar-refractivity contribution in [1.29, 1.82) is 0 Å². The zero-order chi connectivity index (χ0) is 12.0. The lowest BCUT2D eigenvalue weighted by Gasteiger charge is -2.21. The molecule has 1 aromatic rings. The van der Waals surface area contributed by atoms with Crippen LogP contribution in [0.25, 0.3) is 0 Å². The summed E-state index contributed by atoms with van der Waals surface area (Å²) in [5.41, 5.74) is 6.68. The van der Waals surface area contributed by atoms with Crippen LogP contribution in [0.2, 0.25) is 0 Å². The van der Waals surface area contributed by atoms with Gasteiger partial charge >= 0.3 is 0 Å². The van der Waals surface area contributed by atoms with Gasteiger partial charge in [-0.3, -0.25) is 0 Å². The predicted octanol–water partition coefficient (Wildman–Crippen LogP) is 0.863. The van der Waals surface area contributed by atoms with E-state index >= 15 is 0 Å². The molecule has 0 aliphatic rings. The highest BCUT2D eigenvalue weighted by Gasteiger charge is 2.17. The minimum atomic E-state index is -0.376. The molecule has 1 aromatic heterocycles. The number of rotatable bonds is 7. The van der Waals surface area contributed by atoms with Crippen LogP contribution in [0, 0.1) is 0 Å². The topological polar surface area (TPSA) is 73.3 Å². The zero-order valence-corrected chi connectivity index (χ0v) is 9.97. The number of hydrogen-bond donors (Lipinski definition) is 2. The number of aliphatic hydroxyl groups excluding tert-OH is 1. The molecule has 2 unspecified atom stereocenters. The van der Waals surface area contributed by atoms with Gasteiger partial charge in [0.05, 0.1) is 37.3 Å². The maximum absolute atomic E-state index is 9.08. The van der Waals surface area contributed by atoms with Crippen molar-refractivity contribution in [2.24, 2.45) is 5.73 Å². The normalized spacial score (nSPS) is 15.0. The van der Waals surface area contributed by atoms with Gasteiger partial charge in [-0.2, -0.15) is 0 Å². The summed E-state index contributed by atoms with van der Waals surface area (Å²) in [6, 6.07) is -0.135. The maximum atomic E-state index is 9.08. The number of nitrogens with zero attached hydrogens (tertiary/aromatic N) is 2. The van der Waals surface area contributed by atoms with Gasteiger partial charge in [0, 0.05) is 13.3 Å². The van der Waals surface area contributed by atoms with Crippen molar-refractivity contribution in [3.05, 3.63) is 18.2 Å². The maximum Gasteiger partial charge on any atom is 0.0952 e. The van der Waals surface area contributed by atoms with E-state index in [4.69, 9.17) is 15.6 Å². The summed E-state index contributed by atoms with van der Waals surface area (Å²) in [5, 5.41) is 9.08. The Morgan fingerprint density at radius 3 is 2.94 bits per heavy atom. The minimum absolute atomic E-state index is 0.0719. The van der Waals surface area contributed by atoms with E-state index in [9.17, 15) is 0 Å². The summed E-state index contributed by atoms with van der Waals surface area (Å²) >= 11 is 0. The van der Waals surface area contributed by atoms with Crippen LogP contribution in [0.15, 0.2) is 12.5 Å². The summed E-state index contributed by atoms with van der Waals surface area (Å²) in [6.07, 6.45) is 5.54. The lowest BCUT2D eigenvalue weighted by molar-refractivity contribution is 0.147. The highest BCUT2D eigenvalue weighted by molar-refractivity contribution is 5.06. The lowest BCUT2D eigenvalue weighted by Crippen LogP contribution is -2.23. The van der Waals surface area contributed by atoms with Gasteiger partial charge in [0.1, 0.15) is 0 Å². The van der Waals surface area contributed by atoms with Crippen molar-refractivity contribution < 1.29 is 9.84 Å². The molecule has 3 N–H and O–H groups in total. The molecule has 92 valence electrons. The van der Waals surface area contributed by atoms with Crippen molar-refractivity contribution in [1.82, 2.24) is 9.55 Å². The van der Waals surface area contributed by atoms with Crippen molar-refractivity contribution in [2.75, 3.05) is 20.3 Å². The van der Waals surface area contributed by atoms with E-state index in [0.29, 0.717) is 6.61 Å². The molecule has 0 fully saturated rings. The minimum Gasteiger partial charge on any atom is -0.394 e. The number of nitrogens with two attached hydrogens (primary N) is 1. The molecule has 0 saturated carbocycles. The lowest BCUT2D eigenvalue weighted by atomic mass is 10.1. The standard InChI is InChI=1S/C11H21N3O2/c1-3-4-9(7-16-2)14-8-13-5-11(14)10(12)6-15/h5,8-10,15H,3-4,6-7,12H2,1-2H3. The van der Waals surface area contributed by atoms with Gasteiger partial charge in [-0.25, -0.2) is 4.98 Å². The average molecular weight is 227 g/mol. The van der Waals surface area contributed by atoms with Crippen LogP contribution in [0.1, 0.15) is 37.5 Å². The summed E-state index contributed by atoms with van der Waals surface area (Å²) in [6.45, 7) is 2.69. The van der Waals surface area contributed by atoms with Crippen molar-refractivity contribution in [3.63, 3.8) is 0 Å². The average Bonchev–Trinajstić information content (AvgIpc) is 2.76. The van der Waals surface area contributed by atoms with E-state index in [0.717, 1.165) is 18.5 Å². The molecule has 0 spiro atoms. The van der Waals surface area contributed by atoms with E-state index in [1.54, 1.807) is 19.6 Å². The number of aromatic nitrogens is 2. The van der Waals surface area contributed by atoms with Gasteiger partial charge in [0.15, 0.2) is 0 Å². The van der Waals surface area contributed by atoms with Crippen LogP contribution in [0.5, 0.6) is 0 Å². The van der Waals surface area contributed by atoms with Crippen LogP contribution in [-0.2, 0) is 4.74 Å². The first-order valence-electron chi connectivity index (χ1n) is 5.61. The van der Waals surface area contributed by atoms with E-state index in [2.05, 4.69) is 11.9 Å². The Morgan fingerprint density at radius 2 is 2.38 bits per heavy atom. The fourth-order valence-electron chi connectivity index (χ4n) is 1.83. The first-order chi connectivity index (χ1) is 7.74. The molecule has 0 aromatic carbocycles. The van der Waals surface area contributed by atoms with Gasteiger partial charge in [-0.15, -0.1) is 0 Å². The smallest absolute Gasteiger partial charge is 0.0952 e. The zero-order valence-electron chi connectivity index (χ0n) is 9.97. The Bertz CT molecular complexity index is 295. The van der Waals surface area contributed by atoms with Gasteiger partial charge in [-0.1, -0.05) is 13.3 Å². The van der Waals surface area contributed by atoms with Crippen molar-refractivity contribution >= 4 is 0 Å². The molecule has 0 radical (unpaired) electrons. The quantitative estimate of drug-likeness (QED) is 0.724. The third-order valence-corrected chi connectivity index (χ3v) is 2.65. The molecule has 2 atom stereocenters. The van der Waals surface area contributed by atoms with E-state index in [1.165, 1.54) is 0 Å². The Labute approximate surface area is 96.2 Å². The first kappa shape index (κ1) is 13.2. The molecule has 5 heteroatoms. The number of ether oxygens (including phenoxy) is 1. The summed E-state index contributed by atoms with van der Waals surface area (Å²) in [5.74, 6) is 0. The van der Waals surface area contributed by atoms with Gasteiger partial charge < -0.3 is 20.1 Å². The monoisotopic (exact) mass is 227 g/mol. The second-order valence-electron chi connectivity index (χ2n) is 3.91. The SMILES string of the molecule is CCCC(COC)n1cncc1C(N)CO. The Kier molecular flexibility index (Phi) is 5.45. The van der Waals surface area contributed by atoms with Crippen LogP contribution >= 0.6 is 0 Å². The van der Waals surface area contributed by atoms with E-state index in [-0.39, 0.29) is 18.7 Å². The molecule has 5 nitrogen and oxygen atoms in total. The Balaban J connectivity index is 2.86. The molecule has 16 heavy (non-hydrogen) atoms. The molecule has 1 rings (SSSR count). The van der Waals surface area contributed by atoms with Crippen molar-refractivity contribution in [3.8, 4) is 0 Å². The van der Waals surface area contributed by atoms with Crippen molar-refractivity contribution in [2.45, 2.75) is 31.8 Å². The highest BCUT2D eigenvalue weighted by atomic mass is 16.5. The largest absolute Gasteiger partial charge is 0.394 e. The second-order valence-corrected chi connectivity index (χ2v) is 3.91. The molecule has 0 bridgehead atoms. The summed E-state index contributed by atoms with van der Waals surface area (Å²) in [4.78, 5) is 4.09. The predicted molar refractivity (Wildman–Crippen MR) is 62.1 cm³/mol. The second kappa shape index (κ2) is 6.62. The first-order valence-corrected chi connectivity index (χ1v) is 5.61. The Morgan fingerprint density at radius 1 is 1.62 bits per heavy atom. The van der Waals surface area contributed by atoms with Crippen LogP contribution in [0.3, 0.4) is 0 Å². The van der Waals surface area contributed by atoms with Gasteiger partial charge in [-0.05, 0) is 6.42 Å². The number of hydrogen-bond acceptors (Lipinski definition) is 4. The van der Waals surface area contributed by atoms with Crippen LogP contribution in [-0.4, -0.2) is 35.0 Å². The highest BCUT2D eigenvalue weighted by Crippen LogP contribution is 2.19. The fraction of sp³-hybridized carbons (Fsp3) is 0.727. The molecule has 0 aliphatic carbocycles. The molecule has 1 heterocycles.